The predicted molar refractivity (Wildman–Crippen MR) is 88.1 cm³/mol. The smallest absolute Gasteiger partial charge is 0.484 e. The zero-order chi connectivity index (χ0) is 17.3. The highest BCUT2D eigenvalue weighted by molar-refractivity contribution is 6.31. The fourth-order valence-corrected chi connectivity index (χ4v) is 2.40. The van der Waals surface area contributed by atoms with Crippen LogP contribution >= 0.6 is 24.0 Å². The molecule has 0 unspecified atom stereocenters. The van der Waals surface area contributed by atoms with Gasteiger partial charge >= 0.3 is 6.36 Å². The molecule has 3 rings (SSSR count). The number of alkyl halides is 3. The van der Waals surface area contributed by atoms with E-state index in [-0.39, 0.29) is 40.4 Å². The molecule has 25 heavy (non-hydrogen) atoms. The van der Waals surface area contributed by atoms with Gasteiger partial charge in [0.1, 0.15) is 11.9 Å². The summed E-state index contributed by atoms with van der Waals surface area (Å²) in [5.74, 6) is -1.29. The van der Waals surface area contributed by atoms with Crippen LogP contribution < -0.4 is 14.8 Å². The summed E-state index contributed by atoms with van der Waals surface area (Å²) < 4.78 is 61.5. The first-order valence-corrected chi connectivity index (χ1v) is 7.43. The van der Waals surface area contributed by atoms with Crippen LogP contribution in [-0.2, 0) is 0 Å². The molecule has 0 bridgehead atoms. The lowest BCUT2D eigenvalue weighted by atomic mass is 10.0. The average Bonchev–Trinajstić information content (AvgIpc) is 2.45. The molecule has 1 N–H and O–H groups in total. The summed E-state index contributed by atoms with van der Waals surface area (Å²) in [6, 6.07) is 8.16. The first-order chi connectivity index (χ1) is 11.3. The highest BCUT2D eigenvalue weighted by Gasteiger charge is 2.33. The number of hydrogen-bond donors (Lipinski definition) is 1. The molecule has 9 heteroatoms. The Morgan fingerprint density at radius 3 is 2.40 bits per heavy atom. The summed E-state index contributed by atoms with van der Waals surface area (Å²) in [7, 11) is 0. The van der Waals surface area contributed by atoms with Crippen LogP contribution in [0.5, 0.6) is 11.5 Å². The summed E-state index contributed by atoms with van der Waals surface area (Å²) >= 11 is 5.72. The summed E-state index contributed by atoms with van der Waals surface area (Å²) in [5.41, 5.74) is 0.278. The topological polar surface area (TPSA) is 30.5 Å². The third-order valence-electron chi connectivity index (χ3n) is 3.47. The number of ether oxygens (including phenoxy) is 2. The highest BCUT2D eigenvalue weighted by Crippen LogP contribution is 2.38. The van der Waals surface area contributed by atoms with E-state index in [2.05, 4.69) is 10.1 Å². The van der Waals surface area contributed by atoms with E-state index in [1.165, 1.54) is 30.3 Å². The number of halogens is 6. The molecule has 1 heterocycles. The highest BCUT2D eigenvalue weighted by atomic mass is 35.5. The van der Waals surface area contributed by atoms with Crippen molar-refractivity contribution in [1.82, 2.24) is 5.32 Å². The van der Waals surface area contributed by atoms with Gasteiger partial charge in [-0.25, -0.2) is 4.39 Å². The fraction of sp³-hybridized carbons (Fsp3) is 0.250. The zero-order valence-corrected chi connectivity index (χ0v) is 14.1. The Kier molecular flexibility index (Phi) is 6.03. The molecule has 0 amide bonds. The van der Waals surface area contributed by atoms with E-state index in [9.17, 15) is 17.6 Å². The van der Waals surface area contributed by atoms with Crippen molar-refractivity contribution in [3.05, 3.63) is 47.2 Å². The summed E-state index contributed by atoms with van der Waals surface area (Å²) in [6.07, 6.45) is -5.11. The standard InChI is InChI=1S/C16H12ClF4NO2.ClH/c17-12-3-1-2-11(15(12)18)9-4-5-13(23-10-7-22-8-10)14(6-9)24-16(19,20)21;/h1-6,10,22H,7-8H2;1H. The molecule has 1 saturated heterocycles. The monoisotopic (exact) mass is 397 g/mol. The second-order valence-electron chi connectivity index (χ2n) is 5.21. The minimum absolute atomic E-state index is 0. The minimum Gasteiger partial charge on any atom is -0.484 e. The van der Waals surface area contributed by atoms with E-state index in [4.69, 9.17) is 16.3 Å². The minimum atomic E-state index is -4.89. The maximum atomic E-state index is 14.1. The van der Waals surface area contributed by atoms with E-state index in [0.29, 0.717) is 13.1 Å². The van der Waals surface area contributed by atoms with E-state index in [1.807, 2.05) is 0 Å². The molecule has 0 saturated carbocycles. The molecule has 1 fully saturated rings. The predicted octanol–water partition coefficient (Wildman–Crippen LogP) is 4.82. The molecule has 136 valence electrons. The van der Waals surface area contributed by atoms with Crippen molar-refractivity contribution in [2.45, 2.75) is 12.5 Å². The molecule has 0 aromatic heterocycles. The average molecular weight is 398 g/mol. The number of benzene rings is 2. The van der Waals surface area contributed by atoms with Gasteiger partial charge in [-0.05, 0) is 23.8 Å². The van der Waals surface area contributed by atoms with Crippen LogP contribution in [0.3, 0.4) is 0 Å². The van der Waals surface area contributed by atoms with Crippen LogP contribution in [-0.4, -0.2) is 25.6 Å². The van der Waals surface area contributed by atoms with Gasteiger partial charge in [0.05, 0.1) is 5.02 Å². The fourth-order valence-electron chi connectivity index (χ4n) is 2.23. The Bertz CT molecular complexity index is 751. The van der Waals surface area contributed by atoms with Gasteiger partial charge in [-0.1, -0.05) is 29.8 Å². The molecule has 3 nitrogen and oxygen atoms in total. The van der Waals surface area contributed by atoms with E-state index < -0.39 is 17.9 Å². The molecule has 1 aliphatic rings. The second kappa shape index (κ2) is 7.68. The van der Waals surface area contributed by atoms with Crippen molar-refractivity contribution >= 4 is 24.0 Å². The van der Waals surface area contributed by atoms with Gasteiger partial charge in [-0.3, -0.25) is 0 Å². The van der Waals surface area contributed by atoms with E-state index >= 15 is 0 Å². The lowest BCUT2D eigenvalue weighted by Crippen LogP contribution is -2.50. The van der Waals surface area contributed by atoms with Crippen molar-refractivity contribution in [2.24, 2.45) is 0 Å². The Balaban J connectivity index is 0.00000225. The molecule has 0 atom stereocenters. The van der Waals surface area contributed by atoms with Crippen molar-refractivity contribution in [1.29, 1.82) is 0 Å². The molecule has 1 aliphatic heterocycles. The Morgan fingerprint density at radius 2 is 1.80 bits per heavy atom. The van der Waals surface area contributed by atoms with Crippen molar-refractivity contribution in [2.75, 3.05) is 13.1 Å². The van der Waals surface area contributed by atoms with Gasteiger partial charge in [-0.2, -0.15) is 0 Å². The SMILES string of the molecule is Cl.Fc1c(Cl)cccc1-c1ccc(OC2CNC2)c(OC(F)(F)F)c1. The lowest BCUT2D eigenvalue weighted by molar-refractivity contribution is -0.275. The Labute approximate surface area is 152 Å². The van der Waals surface area contributed by atoms with E-state index in [0.717, 1.165) is 6.07 Å². The molecular weight excluding hydrogens is 385 g/mol. The molecule has 0 aliphatic carbocycles. The number of rotatable bonds is 4. The summed E-state index contributed by atoms with van der Waals surface area (Å²) in [6.45, 7) is 1.08. The second-order valence-corrected chi connectivity index (χ2v) is 5.62. The Morgan fingerprint density at radius 1 is 1.08 bits per heavy atom. The first kappa shape index (κ1) is 19.6. The molecule has 0 radical (unpaired) electrons. The summed E-state index contributed by atoms with van der Waals surface area (Å²) in [5, 5.41) is 2.83. The number of nitrogens with one attached hydrogen (secondary N) is 1. The first-order valence-electron chi connectivity index (χ1n) is 7.05. The molecule has 2 aromatic rings. The maximum absolute atomic E-state index is 14.1. The van der Waals surface area contributed by atoms with Crippen LogP contribution in [0.4, 0.5) is 17.6 Å². The molecule has 2 aromatic carbocycles. The normalized spacial score (nSPS) is 14.4. The van der Waals surface area contributed by atoms with Crippen LogP contribution in [0.15, 0.2) is 36.4 Å². The summed E-state index contributed by atoms with van der Waals surface area (Å²) in [4.78, 5) is 0. The Hall–Kier alpha value is -1.70. The van der Waals surface area contributed by atoms with Crippen LogP contribution in [0.2, 0.25) is 5.02 Å². The van der Waals surface area contributed by atoms with Crippen LogP contribution in [0.25, 0.3) is 11.1 Å². The van der Waals surface area contributed by atoms with Gasteiger partial charge in [0.2, 0.25) is 0 Å². The molecular formula is C16H13Cl2F4NO2. The van der Waals surface area contributed by atoms with Gasteiger partial charge in [0.15, 0.2) is 11.5 Å². The van der Waals surface area contributed by atoms with Gasteiger partial charge in [0, 0.05) is 18.7 Å². The van der Waals surface area contributed by atoms with Crippen molar-refractivity contribution in [3.63, 3.8) is 0 Å². The lowest BCUT2D eigenvalue weighted by Gasteiger charge is -2.28. The largest absolute Gasteiger partial charge is 0.573 e. The third kappa shape index (κ3) is 4.68. The van der Waals surface area contributed by atoms with Gasteiger partial charge < -0.3 is 14.8 Å². The third-order valence-corrected chi connectivity index (χ3v) is 3.76. The van der Waals surface area contributed by atoms with Crippen molar-refractivity contribution < 1.29 is 27.0 Å². The molecule has 0 spiro atoms. The van der Waals surface area contributed by atoms with Crippen LogP contribution in [0.1, 0.15) is 0 Å². The van der Waals surface area contributed by atoms with Crippen LogP contribution in [0, 0.1) is 5.82 Å². The quantitative estimate of drug-likeness (QED) is 0.750. The number of hydrogen-bond acceptors (Lipinski definition) is 3. The zero-order valence-electron chi connectivity index (χ0n) is 12.6. The van der Waals surface area contributed by atoms with Gasteiger partial charge in [0.25, 0.3) is 0 Å². The van der Waals surface area contributed by atoms with Crippen molar-refractivity contribution in [3.8, 4) is 22.6 Å². The van der Waals surface area contributed by atoms with Gasteiger partial charge in [-0.15, -0.1) is 25.6 Å². The van der Waals surface area contributed by atoms with E-state index in [1.54, 1.807) is 0 Å². The maximum Gasteiger partial charge on any atom is 0.573 e.